The molecule has 1 aliphatic rings. The van der Waals surface area contributed by atoms with Gasteiger partial charge in [-0.3, -0.25) is 0 Å². The standard InChI is InChI=1S/C13H17F2NO/c1-2-13(14,15)11-5-3-4-10(8-11)12-9-17-7-6-16-12/h3-5,8,12,16H,2,6-7,9H2,1H3. The molecule has 0 saturated carbocycles. The number of benzene rings is 1. The van der Waals surface area contributed by atoms with E-state index >= 15 is 0 Å². The first-order chi connectivity index (χ1) is 8.13. The number of ether oxygens (including phenoxy) is 1. The minimum absolute atomic E-state index is 0.0244. The van der Waals surface area contributed by atoms with Gasteiger partial charge >= 0.3 is 0 Å². The molecule has 1 aromatic rings. The SMILES string of the molecule is CCC(F)(F)c1cccc(C2COCCN2)c1. The van der Waals surface area contributed by atoms with Gasteiger partial charge in [-0.25, -0.2) is 8.78 Å². The van der Waals surface area contributed by atoms with Crippen LogP contribution in [0, 0.1) is 0 Å². The zero-order valence-corrected chi connectivity index (χ0v) is 9.88. The summed E-state index contributed by atoms with van der Waals surface area (Å²) in [5.74, 6) is -2.74. The lowest BCUT2D eigenvalue weighted by Crippen LogP contribution is -2.34. The van der Waals surface area contributed by atoms with Crippen LogP contribution in [-0.2, 0) is 10.7 Å². The van der Waals surface area contributed by atoms with Gasteiger partial charge in [-0.15, -0.1) is 0 Å². The predicted molar refractivity (Wildman–Crippen MR) is 62.2 cm³/mol. The lowest BCUT2D eigenvalue weighted by molar-refractivity contribution is -0.00850. The summed E-state index contributed by atoms with van der Waals surface area (Å²) in [6, 6.07) is 6.63. The highest BCUT2D eigenvalue weighted by molar-refractivity contribution is 5.29. The van der Waals surface area contributed by atoms with E-state index in [0.29, 0.717) is 13.2 Å². The minimum atomic E-state index is -2.74. The number of hydrogen-bond acceptors (Lipinski definition) is 2. The first-order valence-corrected chi connectivity index (χ1v) is 5.93. The number of nitrogens with one attached hydrogen (secondary N) is 1. The molecule has 0 amide bonds. The summed E-state index contributed by atoms with van der Waals surface area (Å²) in [5, 5.41) is 3.26. The van der Waals surface area contributed by atoms with Gasteiger partial charge in [-0.2, -0.15) is 0 Å². The molecule has 0 aromatic heterocycles. The Bertz CT molecular complexity index is 375. The van der Waals surface area contributed by atoms with E-state index in [9.17, 15) is 8.78 Å². The lowest BCUT2D eigenvalue weighted by Gasteiger charge is -2.25. The quantitative estimate of drug-likeness (QED) is 0.878. The normalized spacial score (nSPS) is 21.5. The van der Waals surface area contributed by atoms with Gasteiger partial charge < -0.3 is 10.1 Å². The van der Waals surface area contributed by atoms with Crippen molar-refractivity contribution in [1.29, 1.82) is 0 Å². The van der Waals surface area contributed by atoms with Gasteiger partial charge in [-0.05, 0) is 11.6 Å². The van der Waals surface area contributed by atoms with E-state index < -0.39 is 5.92 Å². The molecule has 1 fully saturated rings. The van der Waals surface area contributed by atoms with Gasteiger partial charge in [0.25, 0.3) is 5.92 Å². The first-order valence-electron chi connectivity index (χ1n) is 5.93. The highest BCUT2D eigenvalue weighted by atomic mass is 19.3. The Balaban J connectivity index is 2.21. The molecule has 4 heteroatoms. The molecule has 1 atom stereocenters. The molecule has 0 aliphatic carbocycles. The Kier molecular flexibility index (Phi) is 3.74. The smallest absolute Gasteiger partial charge is 0.273 e. The fraction of sp³-hybridized carbons (Fsp3) is 0.538. The van der Waals surface area contributed by atoms with Crippen LogP contribution in [0.15, 0.2) is 24.3 Å². The van der Waals surface area contributed by atoms with E-state index in [1.165, 1.54) is 13.0 Å². The molecule has 1 saturated heterocycles. The summed E-state index contributed by atoms with van der Waals surface area (Å²) >= 11 is 0. The Labute approximate surface area is 100.0 Å². The second kappa shape index (κ2) is 5.10. The summed E-state index contributed by atoms with van der Waals surface area (Å²) in [6.07, 6.45) is -0.176. The van der Waals surface area contributed by atoms with E-state index in [1.54, 1.807) is 12.1 Å². The maximum absolute atomic E-state index is 13.6. The van der Waals surface area contributed by atoms with Crippen LogP contribution in [0.2, 0.25) is 0 Å². The largest absolute Gasteiger partial charge is 0.378 e. The molecule has 2 nitrogen and oxygen atoms in total. The van der Waals surface area contributed by atoms with Crippen LogP contribution >= 0.6 is 0 Å². The second-order valence-corrected chi connectivity index (χ2v) is 4.27. The van der Waals surface area contributed by atoms with E-state index in [1.807, 2.05) is 6.07 Å². The Hall–Kier alpha value is -1.00. The monoisotopic (exact) mass is 241 g/mol. The van der Waals surface area contributed by atoms with Gasteiger partial charge in [-0.1, -0.05) is 25.1 Å². The zero-order chi connectivity index (χ0) is 12.3. The van der Waals surface area contributed by atoms with Crippen molar-refractivity contribution in [3.63, 3.8) is 0 Å². The molecule has 0 bridgehead atoms. The van der Waals surface area contributed by atoms with Crippen molar-refractivity contribution < 1.29 is 13.5 Å². The maximum Gasteiger partial charge on any atom is 0.273 e. The third-order valence-electron chi connectivity index (χ3n) is 3.08. The number of halogens is 2. The number of rotatable bonds is 3. The molecule has 2 rings (SSSR count). The third-order valence-corrected chi connectivity index (χ3v) is 3.08. The van der Waals surface area contributed by atoms with E-state index in [4.69, 9.17) is 4.74 Å². The van der Waals surface area contributed by atoms with E-state index in [0.717, 1.165) is 12.1 Å². The lowest BCUT2D eigenvalue weighted by atomic mass is 9.99. The second-order valence-electron chi connectivity index (χ2n) is 4.27. The predicted octanol–water partition coefficient (Wildman–Crippen LogP) is 2.85. The minimum Gasteiger partial charge on any atom is -0.378 e. The number of morpholine rings is 1. The summed E-state index contributed by atoms with van der Waals surface area (Å²) in [7, 11) is 0. The molecular formula is C13H17F2NO. The molecular weight excluding hydrogens is 224 g/mol. The zero-order valence-electron chi connectivity index (χ0n) is 9.88. The molecule has 1 N–H and O–H groups in total. The molecule has 17 heavy (non-hydrogen) atoms. The number of hydrogen-bond donors (Lipinski definition) is 1. The van der Waals surface area contributed by atoms with Gasteiger partial charge in [0.05, 0.1) is 19.3 Å². The van der Waals surface area contributed by atoms with Gasteiger partial charge in [0.2, 0.25) is 0 Å². The van der Waals surface area contributed by atoms with Gasteiger partial charge in [0.1, 0.15) is 0 Å². The average Bonchev–Trinajstić information content (AvgIpc) is 2.40. The maximum atomic E-state index is 13.6. The van der Waals surface area contributed by atoms with Crippen LogP contribution in [-0.4, -0.2) is 19.8 Å². The van der Waals surface area contributed by atoms with Crippen LogP contribution in [0.4, 0.5) is 8.78 Å². The van der Waals surface area contributed by atoms with E-state index in [-0.39, 0.29) is 18.0 Å². The summed E-state index contributed by atoms with van der Waals surface area (Å²) in [4.78, 5) is 0. The molecule has 0 spiro atoms. The highest BCUT2D eigenvalue weighted by Gasteiger charge is 2.29. The highest BCUT2D eigenvalue weighted by Crippen LogP contribution is 2.32. The fourth-order valence-corrected chi connectivity index (χ4v) is 1.97. The molecule has 94 valence electrons. The van der Waals surface area contributed by atoms with Crippen molar-refractivity contribution in [3.05, 3.63) is 35.4 Å². The number of alkyl halides is 2. The van der Waals surface area contributed by atoms with Crippen molar-refractivity contribution >= 4 is 0 Å². The third kappa shape index (κ3) is 2.82. The van der Waals surface area contributed by atoms with Crippen LogP contribution in [0.25, 0.3) is 0 Å². The summed E-state index contributed by atoms with van der Waals surface area (Å²) in [5.41, 5.74) is 0.959. The van der Waals surface area contributed by atoms with Crippen molar-refractivity contribution in [1.82, 2.24) is 5.32 Å². The molecule has 1 heterocycles. The van der Waals surface area contributed by atoms with Crippen LogP contribution in [0.1, 0.15) is 30.5 Å². The fourth-order valence-electron chi connectivity index (χ4n) is 1.97. The molecule has 1 aliphatic heterocycles. The summed E-state index contributed by atoms with van der Waals surface area (Å²) < 4.78 is 32.5. The van der Waals surface area contributed by atoms with Crippen LogP contribution < -0.4 is 5.32 Å². The van der Waals surface area contributed by atoms with E-state index in [2.05, 4.69) is 5.32 Å². The van der Waals surface area contributed by atoms with Crippen molar-refractivity contribution in [2.24, 2.45) is 0 Å². The Morgan fingerprint density at radius 1 is 1.47 bits per heavy atom. The average molecular weight is 241 g/mol. The first kappa shape index (κ1) is 12.5. The van der Waals surface area contributed by atoms with Crippen LogP contribution in [0.3, 0.4) is 0 Å². The Morgan fingerprint density at radius 3 is 2.94 bits per heavy atom. The molecule has 0 radical (unpaired) electrons. The van der Waals surface area contributed by atoms with Gasteiger partial charge in [0.15, 0.2) is 0 Å². The Morgan fingerprint density at radius 2 is 2.29 bits per heavy atom. The molecule has 1 aromatic carbocycles. The summed E-state index contributed by atoms with van der Waals surface area (Å²) in [6.45, 7) is 3.48. The van der Waals surface area contributed by atoms with Crippen molar-refractivity contribution in [3.8, 4) is 0 Å². The van der Waals surface area contributed by atoms with Crippen LogP contribution in [0.5, 0.6) is 0 Å². The van der Waals surface area contributed by atoms with Gasteiger partial charge in [0, 0.05) is 18.5 Å². The molecule has 1 unspecified atom stereocenters. The van der Waals surface area contributed by atoms with Crippen molar-refractivity contribution in [2.75, 3.05) is 19.8 Å². The topological polar surface area (TPSA) is 21.3 Å². The van der Waals surface area contributed by atoms with Crippen molar-refractivity contribution in [2.45, 2.75) is 25.3 Å².